The van der Waals surface area contributed by atoms with Crippen LogP contribution >= 0.6 is 0 Å². The molecule has 0 bridgehead atoms. The van der Waals surface area contributed by atoms with E-state index in [1.54, 1.807) is 0 Å². The summed E-state index contributed by atoms with van der Waals surface area (Å²) in [7, 11) is 0. The SMILES string of the molecule is Cc1cc(C)cc(C(=O)Nc2n[nH]c3c2COCC3)c1. The first-order chi connectivity index (χ1) is 9.63. The zero-order valence-corrected chi connectivity index (χ0v) is 11.6. The Kier molecular flexibility index (Phi) is 3.28. The van der Waals surface area contributed by atoms with E-state index < -0.39 is 0 Å². The van der Waals surface area contributed by atoms with Crippen molar-refractivity contribution in [3.8, 4) is 0 Å². The van der Waals surface area contributed by atoms with Crippen LogP contribution in [0.3, 0.4) is 0 Å². The van der Waals surface area contributed by atoms with Crippen molar-refractivity contribution in [1.29, 1.82) is 0 Å². The van der Waals surface area contributed by atoms with Gasteiger partial charge in [0, 0.05) is 23.2 Å². The fourth-order valence-electron chi connectivity index (χ4n) is 2.50. The van der Waals surface area contributed by atoms with Crippen molar-refractivity contribution in [3.05, 3.63) is 46.1 Å². The minimum absolute atomic E-state index is 0.142. The van der Waals surface area contributed by atoms with Gasteiger partial charge in [-0.1, -0.05) is 17.2 Å². The molecule has 1 amide bonds. The Labute approximate surface area is 117 Å². The van der Waals surface area contributed by atoms with Gasteiger partial charge in [-0.3, -0.25) is 9.89 Å². The van der Waals surface area contributed by atoms with E-state index in [1.807, 2.05) is 32.0 Å². The van der Waals surface area contributed by atoms with E-state index in [-0.39, 0.29) is 5.91 Å². The van der Waals surface area contributed by atoms with Crippen LogP contribution in [0.5, 0.6) is 0 Å². The van der Waals surface area contributed by atoms with Gasteiger partial charge in [-0.25, -0.2) is 0 Å². The topological polar surface area (TPSA) is 67.0 Å². The number of nitrogens with one attached hydrogen (secondary N) is 2. The molecule has 0 fully saturated rings. The number of amides is 1. The van der Waals surface area contributed by atoms with Gasteiger partial charge in [-0.05, 0) is 26.0 Å². The summed E-state index contributed by atoms with van der Waals surface area (Å²) in [6.07, 6.45) is 0.807. The molecule has 0 radical (unpaired) electrons. The lowest BCUT2D eigenvalue weighted by molar-refractivity contribution is 0.102. The predicted octanol–water partition coefficient (Wildman–Crippen LogP) is 2.35. The predicted molar refractivity (Wildman–Crippen MR) is 75.8 cm³/mol. The highest BCUT2D eigenvalue weighted by atomic mass is 16.5. The van der Waals surface area contributed by atoms with Crippen molar-refractivity contribution >= 4 is 11.7 Å². The summed E-state index contributed by atoms with van der Waals surface area (Å²) in [4.78, 5) is 12.3. The Bertz CT molecular complexity index is 641. The zero-order valence-electron chi connectivity index (χ0n) is 11.6. The summed E-state index contributed by atoms with van der Waals surface area (Å²) < 4.78 is 5.41. The van der Waals surface area contributed by atoms with E-state index in [4.69, 9.17) is 4.74 Å². The number of aryl methyl sites for hydroxylation is 2. The number of rotatable bonds is 2. The summed E-state index contributed by atoms with van der Waals surface area (Å²) in [6, 6.07) is 5.79. The fraction of sp³-hybridized carbons (Fsp3) is 0.333. The molecule has 20 heavy (non-hydrogen) atoms. The molecule has 0 spiro atoms. The minimum atomic E-state index is -0.142. The number of fused-ring (bicyclic) bond motifs is 1. The highest BCUT2D eigenvalue weighted by molar-refractivity contribution is 6.04. The lowest BCUT2D eigenvalue weighted by Crippen LogP contribution is -2.15. The quantitative estimate of drug-likeness (QED) is 0.881. The maximum Gasteiger partial charge on any atom is 0.256 e. The van der Waals surface area contributed by atoms with Crippen molar-refractivity contribution in [2.75, 3.05) is 11.9 Å². The maximum atomic E-state index is 12.3. The lowest BCUT2D eigenvalue weighted by atomic mass is 10.1. The van der Waals surface area contributed by atoms with Crippen molar-refractivity contribution < 1.29 is 9.53 Å². The highest BCUT2D eigenvalue weighted by Crippen LogP contribution is 2.22. The number of carbonyl (C=O) groups excluding carboxylic acids is 1. The third-order valence-corrected chi connectivity index (χ3v) is 3.41. The van der Waals surface area contributed by atoms with E-state index in [1.165, 1.54) is 0 Å². The van der Waals surface area contributed by atoms with Gasteiger partial charge in [0.05, 0.1) is 13.2 Å². The van der Waals surface area contributed by atoms with E-state index in [2.05, 4.69) is 15.5 Å². The first-order valence-corrected chi connectivity index (χ1v) is 6.67. The average Bonchev–Trinajstić information content (AvgIpc) is 2.81. The second kappa shape index (κ2) is 5.09. The number of ether oxygens (including phenoxy) is 1. The van der Waals surface area contributed by atoms with Crippen molar-refractivity contribution in [1.82, 2.24) is 10.2 Å². The Morgan fingerprint density at radius 3 is 2.80 bits per heavy atom. The molecule has 104 valence electrons. The smallest absolute Gasteiger partial charge is 0.256 e. The second-order valence-electron chi connectivity index (χ2n) is 5.16. The van der Waals surface area contributed by atoms with Crippen molar-refractivity contribution in [2.24, 2.45) is 0 Å². The first kappa shape index (κ1) is 12.9. The van der Waals surface area contributed by atoms with Crippen LogP contribution in [-0.4, -0.2) is 22.7 Å². The van der Waals surface area contributed by atoms with Crippen LogP contribution in [0.1, 0.15) is 32.7 Å². The molecule has 2 aromatic rings. The van der Waals surface area contributed by atoms with Crippen LogP contribution in [0.15, 0.2) is 18.2 Å². The molecular formula is C15H17N3O2. The van der Waals surface area contributed by atoms with Crippen molar-refractivity contribution in [3.63, 3.8) is 0 Å². The molecule has 2 heterocycles. The zero-order chi connectivity index (χ0) is 14.1. The van der Waals surface area contributed by atoms with Gasteiger partial charge in [0.2, 0.25) is 0 Å². The van der Waals surface area contributed by atoms with Gasteiger partial charge >= 0.3 is 0 Å². The van der Waals surface area contributed by atoms with Crippen LogP contribution < -0.4 is 5.32 Å². The van der Waals surface area contributed by atoms with Gasteiger partial charge in [0.15, 0.2) is 5.82 Å². The van der Waals surface area contributed by atoms with Gasteiger partial charge in [-0.2, -0.15) is 5.10 Å². The van der Waals surface area contributed by atoms with Crippen LogP contribution in [-0.2, 0) is 17.8 Å². The van der Waals surface area contributed by atoms with Crippen LogP contribution in [0, 0.1) is 13.8 Å². The molecule has 1 aliphatic heterocycles. The molecule has 1 aliphatic rings. The number of H-pyrrole nitrogens is 1. The van der Waals surface area contributed by atoms with E-state index >= 15 is 0 Å². The number of benzene rings is 1. The van der Waals surface area contributed by atoms with E-state index in [9.17, 15) is 4.79 Å². The molecule has 5 nitrogen and oxygen atoms in total. The average molecular weight is 271 g/mol. The van der Waals surface area contributed by atoms with Crippen LogP contribution in [0.4, 0.5) is 5.82 Å². The lowest BCUT2D eigenvalue weighted by Gasteiger charge is -2.12. The summed E-state index contributed by atoms with van der Waals surface area (Å²) in [5.41, 5.74) is 4.79. The van der Waals surface area contributed by atoms with Gasteiger partial charge in [0.1, 0.15) is 0 Å². The largest absolute Gasteiger partial charge is 0.376 e. The summed E-state index contributed by atoms with van der Waals surface area (Å²) in [5, 5.41) is 9.99. The third-order valence-electron chi connectivity index (χ3n) is 3.41. The number of aromatic nitrogens is 2. The summed E-state index contributed by atoms with van der Waals surface area (Å²) >= 11 is 0. The fourth-order valence-corrected chi connectivity index (χ4v) is 2.50. The maximum absolute atomic E-state index is 12.3. The number of aromatic amines is 1. The highest BCUT2D eigenvalue weighted by Gasteiger charge is 2.19. The van der Waals surface area contributed by atoms with E-state index in [0.717, 1.165) is 28.8 Å². The first-order valence-electron chi connectivity index (χ1n) is 6.67. The number of anilines is 1. The molecule has 1 aromatic carbocycles. The Hall–Kier alpha value is -2.14. The van der Waals surface area contributed by atoms with Crippen LogP contribution in [0.2, 0.25) is 0 Å². The molecule has 0 atom stereocenters. The monoisotopic (exact) mass is 271 g/mol. The number of hydrogen-bond acceptors (Lipinski definition) is 3. The molecule has 0 saturated heterocycles. The molecule has 5 heteroatoms. The van der Waals surface area contributed by atoms with Gasteiger partial charge < -0.3 is 10.1 Å². The minimum Gasteiger partial charge on any atom is -0.376 e. The Morgan fingerprint density at radius 1 is 1.30 bits per heavy atom. The van der Waals surface area contributed by atoms with Crippen LogP contribution in [0.25, 0.3) is 0 Å². The number of nitrogens with zero attached hydrogens (tertiary/aromatic N) is 1. The Morgan fingerprint density at radius 2 is 2.05 bits per heavy atom. The normalized spacial score (nSPS) is 13.9. The van der Waals surface area contributed by atoms with Gasteiger partial charge in [-0.15, -0.1) is 0 Å². The molecule has 0 unspecified atom stereocenters. The molecule has 0 saturated carbocycles. The summed E-state index contributed by atoms with van der Waals surface area (Å²) in [5.74, 6) is 0.431. The standard InChI is InChI=1S/C15H17N3O2/c1-9-5-10(2)7-11(6-9)15(19)16-14-12-8-20-4-3-13(12)17-18-14/h5-7H,3-4,8H2,1-2H3,(H2,16,17,18,19). The van der Waals surface area contributed by atoms with Crippen molar-refractivity contribution in [2.45, 2.75) is 26.9 Å². The summed E-state index contributed by atoms with van der Waals surface area (Å²) in [6.45, 7) is 5.15. The molecule has 0 aliphatic carbocycles. The van der Waals surface area contributed by atoms with E-state index in [0.29, 0.717) is 24.6 Å². The number of carbonyl (C=O) groups is 1. The molecule has 3 rings (SSSR count). The second-order valence-corrected chi connectivity index (χ2v) is 5.16. The van der Waals surface area contributed by atoms with Gasteiger partial charge in [0.25, 0.3) is 5.91 Å². The Balaban J connectivity index is 1.84. The third kappa shape index (κ3) is 2.44. The molecule has 2 N–H and O–H groups in total. The molecular weight excluding hydrogens is 254 g/mol. The number of hydrogen-bond donors (Lipinski definition) is 2. The molecule has 1 aromatic heterocycles.